The molecule has 1 atom stereocenters. The summed E-state index contributed by atoms with van der Waals surface area (Å²) in [5, 5.41) is 0.843. The van der Waals surface area contributed by atoms with Crippen LogP contribution in [0.5, 0.6) is 0 Å². The maximum atomic E-state index is 5.84. The summed E-state index contributed by atoms with van der Waals surface area (Å²) in [4.78, 5) is 4.49. The second-order valence-electron chi connectivity index (χ2n) is 3.47. The Morgan fingerprint density at radius 1 is 1.46 bits per heavy atom. The SMILES string of the molecule is CC1=NC(C2C=CC(Cl)=CC2)=CC1. The molecule has 1 aliphatic heterocycles. The van der Waals surface area contributed by atoms with Gasteiger partial charge in [0.25, 0.3) is 0 Å². The van der Waals surface area contributed by atoms with Gasteiger partial charge in [0.15, 0.2) is 0 Å². The lowest BCUT2D eigenvalue weighted by molar-refractivity contribution is 0.757. The highest BCUT2D eigenvalue weighted by Crippen LogP contribution is 2.28. The van der Waals surface area contributed by atoms with Crippen LogP contribution >= 0.6 is 11.6 Å². The van der Waals surface area contributed by atoms with Crippen molar-refractivity contribution >= 4 is 17.3 Å². The van der Waals surface area contributed by atoms with E-state index < -0.39 is 0 Å². The minimum atomic E-state index is 0.444. The van der Waals surface area contributed by atoms with Crippen molar-refractivity contribution in [1.29, 1.82) is 0 Å². The zero-order chi connectivity index (χ0) is 9.26. The van der Waals surface area contributed by atoms with Crippen molar-refractivity contribution in [3.05, 3.63) is 35.0 Å². The molecule has 0 fully saturated rings. The summed E-state index contributed by atoms with van der Waals surface area (Å²) in [5.41, 5.74) is 2.42. The van der Waals surface area contributed by atoms with Gasteiger partial charge in [-0.3, -0.25) is 4.99 Å². The number of rotatable bonds is 1. The van der Waals surface area contributed by atoms with Crippen molar-refractivity contribution in [3.63, 3.8) is 0 Å². The molecule has 1 heterocycles. The van der Waals surface area contributed by atoms with Crippen LogP contribution in [0.15, 0.2) is 40.0 Å². The third kappa shape index (κ3) is 1.92. The van der Waals surface area contributed by atoms with Crippen molar-refractivity contribution in [2.24, 2.45) is 10.9 Å². The van der Waals surface area contributed by atoms with E-state index >= 15 is 0 Å². The van der Waals surface area contributed by atoms with Gasteiger partial charge in [0.1, 0.15) is 0 Å². The number of aliphatic imine (C=N–C) groups is 1. The van der Waals surface area contributed by atoms with E-state index in [1.165, 1.54) is 11.4 Å². The highest BCUT2D eigenvalue weighted by Gasteiger charge is 2.15. The summed E-state index contributed by atoms with van der Waals surface area (Å²) in [6, 6.07) is 0. The molecule has 0 saturated heterocycles. The van der Waals surface area contributed by atoms with Crippen molar-refractivity contribution in [1.82, 2.24) is 0 Å². The fraction of sp³-hybridized carbons (Fsp3) is 0.364. The first-order chi connectivity index (χ1) is 6.25. The third-order valence-corrected chi connectivity index (χ3v) is 2.64. The zero-order valence-corrected chi connectivity index (χ0v) is 8.38. The fourth-order valence-corrected chi connectivity index (χ4v) is 1.77. The fourth-order valence-electron chi connectivity index (χ4n) is 1.61. The molecular formula is C11H12ClN. The first-order valence-corrected chi connectivity index (χ1v) is 4.91. The van der Waals surface area contributed by atoms with Gasteiger partial charge >= 0.3 is 0 Å². The largest absolute Gasteiger partial charge is 0.262 e. The molecular weight excluding hydrogens is 182 g/mol. The molecule has 2 rings (SSSR count). The number of hydrogen-bond donors (Lipinski definition) is 0. The number of nitrogens with zero attached hydrogens (tertiary/aromatic N) is 1. The number of allylic oxidation sites excluding steroid dienone is 5. The monoisotopic (exact) mass is 193 g/mol. The summed E-state index contributed by atoms with van der Waals surface area (Å²) >= 11 is 5.84. The molecule has 0 aromatic heterocycles. The van der Waals surface area contributed by atoms with Gasteiger partial charge in [-0.15, -0.1) is 0 Å². The van der Waals surface area contributed by atoms with Gasteiger partial charge < -0.3 is 0 Å². The Labute approximate surface area is 83.5 Å². The van der Waals surface area contributed by atoms with Crippen LogP contribution in [-0.4, -0.2) is 5.71 Å². The average Bonchev–Trinajstić information content (AvgIpc) is 2.53. The van der Waals surface area contributed by atoms with Crippen LogP contribution in [0.2, 0.25) is 0 Å². The predicted octanol–water partition coefficient (Wildman–Crippen LogP) is 3.43. The highest BCUT2D eigenvalue weighted by molar-refractivity contribution is 6.31. The van der Waals surface area contributed by atoms with Crippen LogP contribution in [-0.2, 0) is 0 Å². The smallest absolute Gasteiger partial charge is 0.0438 e. The lowest BCUT2D eigenvalue weighted by Crippen LogP contribution is -1.99. The van der Waals surface area contributed by atoms with Crippen LogP contribution in [0.25, 0.3) is 0 Å². The highest BCUT2D eigenvalue weighted by atomic mass is 35.5. The third-order valence-electron chi connectivity index (χ3n) is 2.36. The first-order valence-electron chi connectivity index (χ1n) is 4.54. The first kappa shape index (κ1) is 8.76. The molecule has 2 aliphatic rings. The van der Waals surface area contributed by atoms with E-state index in [0.717, 1.165) is 17.9 Å². The van der Waals surface area contributed by atoms with Crippen LogP contribution in [0, 0.1) is 5.92 Å². The lowest BCUT2D eigenvalue weighted by Gasteiger charge is -2.12. The second kappa shape index (κ2) is 3.51. The molecule has 1 unspecified atom stereocenters. The van der Waals surface area contributed by atoms with Crippen LogP contribution in [0.4, 0.5) is 0 Å². The maximum Gasteiger partial charge on any atom is 0.0438 e. The molecule has 0 aromatic carbocycles. The van der Waals surface area contributed by atoms with Gasteiger partial charge in [-0.1, -0.05) is 29.8 Å². The number of hydrogen-bond acceptors (Lipinski definition) is 1. The van der Waals surface area contributed by atoms with E-state index in [0.29, 0.717) is 5.92 Å². The number of halogens is 1. The Morgan fingerprint density at radius 3 is 2.85 bits per heavy atom. The molecule has 1 aliphatic carbocycles. The Bertz CT molecular complexity index is 334. The van der Waals surface area contributed by atoms with Crippen LogP contribution in [0.3, 0.4) is 0 Å². The Balaban J connectivity index is 2.09. The van der Waals surface area contributed by atoms with Gasteiger partial charge in [-0.25, -0.2) is 0 Å². The summed E-state index contributed by atoms with van der Waals surface area (Å²) in [7, 11) is 0. The van der Waals surface area contributed by atoms with Gasteiger partial charge in [0, 0.05) is 28.8 Å². The van der Waals surface area contributed by atoms with E-state index in [9.17, 15) is 0 Å². The van der Waals surface area contributed by atoms with Crippen LogP contribution in [0.1, 0.15) is 19.8 Å². The molecule has 0 radical (unpaired) electrons. The van der Waals surface area contributed by atoms with Gasteiger partial charge in [0.05, 0.1) is 0 Å². The van der Waals surface area contributed by atoms with Gasteiger partial charge in [-0.2, -0.15) is 0 Å². The van der Waals surface area contributed by atoms with Crippen molar-refractivity contribution in [2.45, 2.75) is 19.8 Å². The summed E-state index contributed by atoms with van der Waals surface area (Å²) in [6.07, 6.45) is 10.3. The average molecular weight is 194 g/mol. The van der Waals surface area contributed by atoms with E-state index in [1.54, 1.807) is 0 Å². The molecule has 0 aromatic rings. The van der Waals surface area contributed by atoms with E-state index in [1.807, 2.05) is 6.08 Å². The van der Waals surface area contributed by atoms with Gasteiger partial charge in [-0.05, 0) is 19.4 Å². The molecule has 2 heteroatoms. The molecule has 0 bridgehead atoms. The van der Waals surface area contributed by atoms with E-state index in [-0.39, 0.29) is 0 Å². The Kier molecular flexibility index (Phi) is 2.36. The lowest BCUT2D eigenvalue weighted by atomic mass is 9.97. The summed E-state index contributed by atoms with van der Waals surface area (Å²) in [6.45, 7) is 2.07. The van der Waals surface area contributed by atoms with Gasteiger partial charge in [0.2, 0.25) is 0 Å². The summed E-state index contributed by atoms with van der Waals surface area (Å²) in [5.74, 6) is 0.444. The van der Waals surface area contributed by atoms with E-state index in [2.05, 4.69) is 30.1 Å². The van der Waals surface area contributed by atoms with Crippen molar-refractivity contribution < 1.29 is 0 Å². The Morgan fingerprint density at radius 2 is 2.31 bits per heavy atom. The molecule has 1 nitrogen and oxygen atoms in total. The molecule has 68 valence electrons. The Hall–Kier alpha value is -0.820. The minimum absolute atomic E-state index is 0.444. The summed E-state index contributed by atoms with van der Waals surface area (Å²) < 4.78 is 0. The normalized spacial score (nSPS) is 26.9. The maximum absolute atomic E-state index is 5.84. The van der Waals surface area contributed by atoms with Crippen molar-refractivity contribution in [3.8, 4) is 0 Å². The quantitative estimate of drug-likeness (QED) is 0.605. The standard InChI is InChI=1S/C11H12ClN/c1-8-2-7-11(13-8)9-3-5-10(12)6-4-9/h3,5-7,9H,2,4H2,1H3. The zero-order valence-electron chi connectivity index (χ0n) is 7.63. The topological polar surface area (TPSA) is 12.4 Å². The molecule has 13 heavy (non-hydrogen) atoms. The molecule has 0 amide bonds. The van der Waals surface area contributed by atoms with Crippen molar-refractivity contribution in [2.75, 3.05) is 0 Å². The van der Waals surface area contributed by atoms with E-state index in [4.69, 9.17) is 11.6 Å². The molecule has 0 spiro atoms. The predicted molar refractivity (Wildman–Crippen MR) is 57.0 cm³/mol. The minimum Gasteiger partial charge on any atom is -0.262 e. The second-order valence-corrected chi connectivity index (χ2v) is 3.91. The van der Waals surface area contributed by atoms with Crippen LogP contribution < -0.4 is 0 Å². The molecule has 0 N–H and O–H groups in total. The molecule has 0 saturated carbocycles.